The lowest BCUT2D eigenvalue weighted by molar-refractivity contribution is 0.445. The fraction of sp³-hybridized carbons (Fsp3) is 0.385. The summed E-state index contributed by atoms with van der Waals surface area (Å²) in [6.07, 6.45) is 1.82. The average Bonchev–Trinajstić information content (AvgIpc) is 2.95. The maximum absolute atomic E-state index is 13.7. The minimum atomic E-state index is -1.50. The highest BCUT2D eigenvalue weighted by Gasteiger charge is 2.22. The fourth-order valence-electron chi connectivity index (χ4n) is 2.37. The van der Waals surface area contributed by atoms with Crippen molar-refractivity contribution in [2.75, 3.05) is 13.1 Å². The molecular formula is C13H13F3N4. The summed E-state index contributed by atoms with van der Waals surface area (Å²) in [5.74, 6) is -3.05. The first kappa shape index (κ1) is 13.1. The van der Waals surface area contributed by atoms with E-state index in [4.69, 9.17) is 0 Å². The zero-order valence-corrected chi connectivity index (χ0v) is 10.6. The molecule has 4 nitrogen and oxygen atoms in total. The van der Waals surface area contributed by atoms with Crippen LogP contribution in [0.4, 0.5) is 13.2 Å². The predicted molar refractivity (Wildman–Crippen MR) is 66.5 cm³/mol. The lowest BCUT2D eigenvalue weighted by Crippen LogP contribution is -2.27. The molecule has 0 saturated carbocycles. The van der Waals surface area contributed by atoms with E-state index in [0.29, 0.717) is 5.82 Å². The van der Waals surface area contributed by atoms with Crippen LogP contribution in [0.1, 0.15) is 24.6 Å². The molecule has 7 heteroatoms. The highest BCUT2D eigenvalue weighted by molar-refractivity contribution is 5.55. The Kier molecular flexibility index (Phi) is 3.43. The van der Waals surface area contributed by atoms with Crippen LogP contribution in [0.2, 0.25) is 0 Å². The van der Waals surface area contributed by atoms with E-state index >= 15 is 0 Å². The molecule has 1 fully saturated rings. The third-order valence-electron chi connectivity index (χ3n) is 3.50. The summed E-state index contributed by atoms with van der Waals surface area (Å²) in [5, 5.41) is 9.90. The number of nitrogens with zero attached hydrogens (tertiary/aromatic N) is 2. The Balaban J connectivity index is 1.92. The van der Waals surface area contributed by atoms with Crippen LogP contribution >= 0.6 is 0 Å². The quantitative estimate of drug-likeness (QED) is 0.831. The SMILES string of the molecule is Fc1ccc(-c2n[nH]c(C3CCNCC3)n2)c(F)c1F. The number of halogens is 3. The largest absolute Gasteiger partial charge is 0.317 e. The summed E-state index contributed by atoms with van der Waals surface area (Å²) in [4.78, 5) is 4.21. The third-order valence-corrected chi connectivity index (χ3v) is 3.50. The van der Waals surface area contributed by atoms with Gasteiger partial charge < -0.3 is 5.32 Å². The van der Waals surface area contributed by atoms with Gasteiger partial charge in [-0.15, -0.1) is 0 Å². The van der Waals surface area contributed by atoms with Crippen LogP contribution in [-0.4, -0.2) is 28.3 Å². The predicted octanol–water partition coefficient (Wildman–Crippen LogP) is 2.36. The molecule has 106 valence electrons. The van der Waals surface area contributed by atoms with Crippen LogP contribution in [0.15, 0.2) is 12.1 Å². The van der Waals surface area contributed by atoms with Crippen molar-refractivity contribution in [3.8, 4) is 11.4 Å². The van der Waals surface area contributed by atoms with Crippen molar-refractivity contribution in [1.82, 2.24) is 20.5 Å². The van der Waals surface area contributed by atoms with E-state index < -0.39 is 17.5 Å². The molecule has 1 saturated heterocycles. The molecule has 3 rings (SSSR count). The third kappa shape index (κ3) is 2.29. The molecule has 2 heterocycles. The normalized spacial score (nSPS) is 16.6. The molecule has 0 spiro atoms. The maximum Gasteiger partial charge on any atom is 0.195 e. The lowest BCUT2D eigenvalue weighted by atomic mass is 9.98. The van der Waals surface area contributed by atoms with Crippen LogP contribution in [0.25, 0.3) is 11.4 Å². The topological polar surface area (TPSA) is 53.6 Å². The highest BCUT2D eigenvalue weighted by Crippen LogP contribution is 2.26. The second-order valence-electron chi connectivity index (χ2n) is 4.79. The molecule has 0 bridgehead atoms. The maximum atomic E-state index is 13.7. The van der Waals surface area contributed by atoms with E-state index in [1.54, 1.807) is 0 Å². The summed E-state index contributed by atoms with van der Waals surface area (Å²) in [6.45, 7) is 1.78. The molecule has 1 aliphatic heterocycles. The van der Waals surface area contributed by atoms with Crippen LogP contribution in [0.5, 0.6) is 0 Å². The fourth-order valence-corrected chi connectivity index (χ4v) is 2.37. The Bertz CT molecular complexity index is 620. The molecule has 2 N–H and O–H groups in total. The van der Waals surface area contributed by atoms with Crippen molar-refractivity contribution in [2.24, 2.45) is 0 Å². The number of aromatic nitrogens is 3. The summed E-state index contributed by atoms with van der Waals surface area (Å²) in [6, 6.07) is 2.01. The molecule has 0 radical (unpaired) electrons. The first-order valence-electron chi connectivity index (χ1n) is 6.43. The van der Waals surface area contributed by atoms with Crippen molar-refractivity contribution in [2.45, 2.75) is 18.8 Å². The van der Waals surface area contributed by atoms with Gasteiger partial charge in [0.1, 0.15) is 5.82 Å². The number of rotatable bonds is 2. The van der Waals surface area contributed by atoms with Gasteiger partial charge in [0.15, 0.2) is 23.3 Å². The Labute approximate surface area is 113 Å². The number of hydrogen-bond donors (Lipinski definition) is 2. The molecule has 1 aromatic carbocycles. The van der Waals surface area contributed by atoms with Crippen LogP contribution in [0.3, 0.4) is 0 Å². The highest BCUT2D eigenvalue weighted by atomic mass is 19.2. The number of benzene rings is 1. The Hall–Kier alpha value is -1.89. The summed E-state index contributed by atoms with van der Waals surface area (Å²) in [7, 11) is 0. The van der Waals surface area contributed by atoms with E-state index in [0.717, 1.165) is 38.1 Å². The second kappa shape index (κ2) is 5.24. The second-order valence-corrected chi connectivity index (χ2v) is 4.79. The van der Waals surface area contributed by atoms with Gasteiger partial charge in [0, 0.05) is 5.92 Å². The summed E-state index contributed by atoms with van der Waals surface area (Å²) < 4.78 is 39.8. The molecular weight excluding hydrogens is 269 g/mol. The minimum Gasteiger partial charge on any atom is -0.317 e. The van der Waals surface area contributed by atoms with Crippen molar-refractivity contribution < 1.29 is 13.2 Å². The van der Waals surface area contributed by atoms with Crippen LogP contribution < -0.4 is 5.32 Å². The number of aromatic amines is 1. The molecule has 0 unspecified atom stereocenters. The number of nitrogens with one attached hydrogen (secondary N) is 2. The van der Waals surface area contributed by atoms with Gasteiger partial charge in [0.25, 0.3) is 0 Å². The molecule has 0 atom stereocenters. The molecule has 0 aliphatic carbocycles. The Morgan fingerprint density at radius 1 is 1.05 bits per heavy atom. The number of hydrogen-bond acceptors (Lipinski definition) is 3. The molecule has 0 amide bonds. The van der Waals surface area contributed by atoms with Crippen LogP contribution in [0, 0.1) is 17.5 Å². The molecule has 1 aromatic heterocycles. The van der Waals surface area contributed by atoms with E-state index in [9.17, 15) is 13.2 Å². The smallest absolute Gasteiger partial charge is 0.195 e. The average molecular weight is 282 g/mol. The summed E-state index contributed by atoms with van der Waals surface area (Å²) in [5.41, 5.74) is -0.139. The van der Waals surface area contributed by atoms with Gasteiger partial charge >= 0.3 is 0 Å². The van der Waals surface area contributed by atoms with Crippen LogP contribution in [-0.2, 0) is 0 Å². The zero-order valence-electron chi connectivity index (χ0n) is 10.6. The molecule has 2 aromatic rings. The number of H-pyrrole nitrogens is 1. The van der Waals surface area contributed by atoms with Crippen molar-refractivity contribution in [3.63, 3.8) is 0 Å². The monoisotopic (exact) mass is 282 g/mol. The van der Waals surface area contributed by atoms with Gasteiger partial charge in [-0.25, -0.2) is 18.2 Å². The van der Waals surface area contributed by atoms with E-state index in [-0.39, 0.29) is 17.3 Å². The first-order valence-corrected chi connectivity index (χ1v) is 6.43. The van der Waals surface area contributed by atoms with Gasteiger partial charge in [-0.3, -0.25) is 5.10 Å². The van der Waals surface area contributed by atoms with Gasteiger partial charge in [-0.2, -0.15) is 5.10 Å². The van der Waals surface area contributed by atoms with E-state index in [2.05, 4.69) is 20.5 Å². The van der Waals surface area contributed by atoms with Crippen molar-refractivity contribution >= 4 is 0 Å². The Morgan fingerprint density at radius 2 is 1.80 bits per heavy atom. The van der Waals surface area contributed by atoms with Gasteiger partial charge in [0.2, 0.25) is 0 Å². The number of piperidine rings is 1. The lowest BCUT2D eigenvalue weighted by Gasteiger charge is -2.19. The van der Waals surface area contributed by atoms with Gasteiger partial charge in [0.05, 0.1) is 5.56 Å². The van der Waals surface area contributed by atoms with E-state index in [1.807, 2.05) is 0 Å². The molecule has 1 aliphatic rings. The van der Waals surface area contributed by atoms with E-state index in [1.165, 1.54) is 0 Å². The first-order chi connectivity index (χ1) is 9.66. The molecule has 20 heavy (non-hydrogen) atoms. The zero-order chi connectivity index (χ0) is 14.1. The van der Waals surface area contributed by atoms with Gasteiger partial charge in [-0.1, -0.05) is 0 Å². The summed E-state index contributed by atoms with van der Waals surface area (Å²) >= 11 is 0. The van der Waals surface area contributed by atoms with Crippen molar-refractivity contribution in [1.29, 1.82) is 0 Å². The standard InChI is InChI=1S/C13H13F3N4/c14-9-2-1-8(10(15)11(9)16)13-18-12(19-20-13)7-3-5-17-6-4-7/h1-2,7,17H,3-6H2,(H,18,19,20). The minimum absolute atomic E-state index is 0.0509. The Morgan fingerprint density at radius 3 is 2.55 bits per heavy atom. The van der Waals surface area contributed by atoms with Gasteiger partial charge in [-0.05, 0) is 38.1 Å². The van der Waals surface area contributed by atoms with Crippen molar-refractivity contribution in [3.05, 3.63) is 35.4 Å².